The Labute approximate surface area is 147 Å². The smallest absolute Gasteiger partial charge is 0.234 e. The largest absolute Gasteiger partial charge is 0.325 e. The first-order valence-electron chi connectivity index (χ1n) is 7.39. The number of carbonyl (C=O) groups is 1. The molecular weight excluding hydrogens is 376 g/mol. The van der Waals surface area contributed by atoms with Crippen LogP contribution in [0.15, 0.2) is 46.5 Å². The number of hydrogen-bond donors (Lipinski definition) is 1. The van der Waals surface area contributed by atoms with Crippen LogP contribution in [0, 0.1) is 0 Å². The van der Waals surface area contributed by atoms with Gasteiger partial charge in [0.1, 0.15) is 5.82 Å². The van der Waals surface area contributed by atoms with E-state index in [1.165, 1.54) is 24.6 Å². The molecule has 1 aromatic carbocycles. The third-order valence-corrected chi connectivity index (χ3v) is 4.90. The number of nitrogens with one attached hydrogen (secondary N) is 1. The van der Waals surface area contributed by atoms with Gasteiger partial charge in [-0.3, -0.25) is 4.79 Å². The van der Waals surface area contributed by atoms with E-state index < -0.39 is 0 Å². The van der Waals surface area contributed by atoms with Gasteiger partial charge in [0.15, 0.2) is 5.16 Å². The van der Waals surface area contributed by atoms with Gasteiger partial charge in [-0.05, 0) is 31.0 Å². The number of halogens is 1. The van der Waals surface area contributed by atoms with Crippen molar-refractivity contribution in [2.24, 2.45) is 0 Å². The Morgan fingerprint density at radius 3 is 3.00 bits per heavy atom. The summed E-state index contributed by atoms with van der Waals surface area (Å²) >= 11 is 4.79. The summed E-state index contributed by atoms with van der Waals surface area (Å²) in [5.41, 5.74) is 0.774. The fourth-order valence-corrected chi connectivity index (χ4v) is 3.40. The van der Waals surface area contributed by atoms with Crippen molar-refractivity contribution < 1.29 is 4.79 Å². The highest BCUT2D eigenvalue weighted by Crippen LogP contribution is 2.40. The molecule has 1 aliphatic rings. The summed E-state index contributed by atoms with van der Waals surface area (Å²) in [6.45, 7) is 4.46. The Morgan fingerprint density at radius 1 is 1.48 bits per heavy atom. The van der Waals surface area contributed by atoms with Crippen molar-refractivity contribution in [2.75, 3.05) is 11.1 Å². The molecule has 1 aromatic heterocycles. The fraction of sp³-hybridized carbons (Fsp3) is 0.312. The Morgan fingerprint density at radius 2 is 2.30 bits per heavy atom. The van der Waals surface area contributed by atoms with Gasteiger partial charge in [0, 0.05) is 22.6 Å². The third-order valence-electron chi connectivity index (χ3n) is 3.44. The van der Waals surface area contributed by atoms with Crippen molar-refractivity contribution in [3.05, 3.63) is 47.2 Å². The number of carbonyl (C=O) groups excluding carboxylic acids is 1. The zero-order valence-corrected chi connectivity index (χ0v) is 14.9. The third kappa shape index (κ3) is 4.23. The predicted octanol–water partition coefficient (Wildman–Crippen LogP) is 3.83. The van der Waals surface area contributed by atoms with Gasteiger partial charge in [0.25, 0.3) is 0 Å². The molecule has 1 aliphatic carbocycles. The number of nitrogens with zero attached hydrogens (tertiary/aromatic N) is 3. The van der Waals surface area contributed by atoms with Gasteiger partial charge in [-0.25, -0.2) is 0 Å². The molecule has 0 atom stereocenters. The molecular formula is C16H17BrN4OS. The number of anilines is 1. The minimum absolute atomic E-state index is 0.0609. The topological polar surface area (TPSA) is 59.8 Å². The van der Waals surface area contributed by atoms with E-state index in [1.807, 2.05) is 30.3 Å². The summed E-state index contributed by atoms with van der Waals surface area (Å²) in [7, 11) is 0. The van der Waals surface area contributed by atoms with E-state index in [-0.39, 0.29) is 5.91 Å². The quantitative estimate of drug-likeness (QED) is 0.574. The van der Waals surface area contributed by atoms with E-state index in [2.05, 4.69) is 42.6 Å². The lowest BCUT2D eigenvalue weighted by Gasteiger charge is -2.07. The maximum Gasteiger partial charge on any atom is 0.234 e. The second-order valence-corrected chi connectivity index (χ2v) is 7.22. The number of amides is 1. The maximum atomic E-state index is 12.1. The molecule has 3 rings (SSSR count). The molecule has 7 heteroatoms. The summed E-state index contributed by atoms with van der Waals surface area (Å²) in [4.78, 5) is 12.1. The van der Waals surface area contributed by atoms with Crippen LogP contribution in [-0.2, 0) is 11.3 Å². The highest BCUT2D eigenvalue weighted by atomic mass is 79.9. The summed E-state index contributed by atoms with van der Waals surface area (Å²) in [6.07, 6.45) is 4.17. The SMILES string of the molecule is C=CCn1c(SCC(=O)Nc2cccc(Br)c2)nnc1C1CC1. The van der Waals surface area contributed by atoms with Crippen molar-refractivity contribution in [1.82, 2.24) is 14.8 Å². The van der Waals surface area contributed by atoms with Crippen LogP contribution in [0.4, 0.5) is 5.69 Å². The molecule has 0 saturated heterocycles. The Kier molecular flexibility index (Phi) is 5.17. The van der Waals surface area contributed by atoms with Crippen LogP contribution in [0.25, 0.3) is 0 Å². The molecule has 2 aromatic rings. The van der Waals surface area contributed by atoms with Gasteiger partial charge >= 0.3 is 0 Å². The first kappa shape index (κ1) is 16.3. The lowest BCUT2D eigenvalue weighted by molar-refractivity contribution is -0.113. The average Bonchev–Trinajstić information content (AvgIpc) is 3.28. The van der Waals surface area contributed by atoms with Crippen LogP contribution >= 0.6 is 27.7 Å². The van der Waals surface area contributed by atoms with Crippen molar-refractivity contribution >= 4 is 39.3 Å². The van der Waals surface area contributed by atoms with Crippen LogP contribution in [0.5, 0.6) is 0 Å². The molecule has 5 nitrogen and oxygen atoms in total. The van der Waals surface area contributed by atoms with Crippen LogP contribution in [0.1, 0.15) is 24.6 Å². The summed E-state index contributed by atoms with van der Waals surface area (Å²) in [5, 5.41) is 12.2. The van der Waals surface area contributed by atoms with Gasteiger partial charge in [-0.2, -0.15) is 0 Å². The molecule has 0 unspecified atom stereocenters. The Bertz CT molecular complexity index is 727. The second-order valence-electron chi connectivity index (χ2n) is 5.36. The predicted molar refractivity (Wildman–Crippen MR) is 95.7 cm³/mol. The molecule has 0 aliphatic heterocycles. The zero-order chi connectivity index (χ0) is 16.2. The minimum Gasteiger partial charge on any atom is -0.325 e. The number of thioether (sulfide) groups is 1. The van der Waals surface area contributed by atoms with Crippen LogP contribution < -0.4 is 5.32 Å². The number of benzene rings is 1. The molecule has 1 amide bonds. The van der Waals surface area contributed by atoms with E-state index in [4.69, 9.17) is 0 Å². The normalized spacial score (nSPS) is 13.8. The first-order valence-corrected chi connectivity index (χ1v) is 9.17. The monoisotopic (exact) mass is 392 g/mol. The minimum atomic E-state index is -0.0609. The highest BCUT2D eigenvalue weighted by Gasteiger charge is 2.30. The van der Waals surface area contributed by atoms with Crippen LogP contribution in [0.3, 0.4) is 0 Å². The van der Waals surface area contributed by atoms with Crippen LogP contribution in [-0.4, -0.2) is 26.4 Å². The van der Waals surface area contributed by atoms with Gasteiger partial charge in [0.05, 0.1) is 5.75 Å². The van der Waals surface area contributed by atoms with E-state index in [0.717, 1.165) is 21.1 Å². The van der Waals surface area contributed by atoms with Crippen molar-refractivity contribution in [3.8, 4) is 0 Å². The molecule has 1 N–H and O–H groups in total. The Balaban J connectivity index is 1.61. The second kappa shape index (κ2) is 7.31. The number of aromatic nitrogens is 3. The summed E-state index contributed by atoms with van der Waals surface area (Å²) in [5.74, 6) is 1.77. The standard InChI is InChI=1S/C16H17BrN4OS/c1-2-8-21-15(11-6-7-11)19-20-16(21)23-10-14(22)18-13-5-3-4-12(17)9-13/h2-5,9,11H,1,6-8,10H2,(H,18,22). The first-order chi connectivity index (χ1) is 11.2. The zero-order valence-electron chi connectivity index (χ0n) is 12.5. The molecule has 0 bridgehead atoms. The van der Waals surface area contributed by atoms with E-state index in [1.54, 1.807) is 0 Å². The van der Waals surface area contributed by atoms with Crippen LogP contribution in [0.2, 0.25) is 0 Å². The summed E-state index contributed by atoms with van der Waals surface area (Å²) in [6, 6.07) is 7.53. The molecule has 1 saturated carbocycles. The lowest BCUT2D eigenvalue weighted by atomic mass is 10.3. The average molecular weight is 393 g/mol. The molecule has 1 heterocycles. The van der Waals surface area contributed by atoms with Gasteiger partial charge in [-0.15, -0.1) is 16.8 Å². The number of allylic oxidation sites excluding steroid dienone is 1. The van der Waals surface area contributed by atoms with Gasteiger partial charge < -0.3 is 9.88 Å². The Hall–Kier alpha value is -1.60. The highest BCUT2D eigenvalue weighted by molar-refractivity contribution is 9.10. The van der Waals surface area contributed by atoms with E-state index >= 15 is 0 Å². The maximum absolute atomic E-state index is 12.1. The lowest BCUT2D eigenvalue weighted by Crippen LogP contribution is -2.14. The molecule has 0 spiro atoms. The van der Waals surface area contributed by atoms with Crippen molar-refractivity contribution in [2.45, 2.75) is 30.5 Å². The molecule has 1 fully saturated rings. The van der Waals surface area contributed by atoms with Gasteiger partial charge in [0.2, 0.25) is 5.91 Å². The number of hydrogen-bond acceptors (Lipinski definition) is 4. The van der Waals surface area contributed by atoms with E-state index in [0.29, 0.717) is 18.2 Å². The molecule has 23 heavy (non-hydrogen) atoms. The van der Waals surface area contributed by atoms with Crippen molar-refractivity contribution in [3.63, 3.8) is 0 Å². The fourth-order valence-electron chi connectivity index (χ4n) is 2.24. The van der Waals surface area contributed by atoms with Crippen molar-refractivity contribution in [1.29, 1.82) is 0 Å². The van der Waals surface area contributed by atoms with Gasteiger partial charge in [-0.1, -0.05) is 39.8 Å². The molecule has 120 valence electrons. The number of rotatable bonds is 7. The summed E-state index contributed by atoms with van der Waals surface area (Å²) < 4.78 is 2.99. The molecule has 0 radical (unpaired) electrons. The van der Waals surface area contributed by atoms with E-state index in [9.17, 15) is 4.79 Å².